The number of benzene rings is 1. The van der Waals surface area contributed by atoms with Crippen LogP contribution in [0.3, 0.4) is 0 Å². The minimum absolute atomic E-state index is 0.256. The molecule has 0 saturated heterocycles. The molecule has 4 aliphatic carbocycles. The Morgan fingerprint density at radius 1 is 1.20 bits per heavy atom. The molecule has 1 aromatic carbocycles. The molecule has 0 radical (unpaired) electrons. The molecule has 2 fully saturated rings. The van der Waals surface area contributed by atoms with Gasteiger partial charge in [-0.3, -0.25) is 0 Å². The molecule has 182 valence electrons. The van der Waals surface area contributed by atoms with Gasteiger partial charge in [-0.2, -0.15) is 0 Å². The van der Waals surface area contributed by atoms with Gasteiger partial charge in [0.2, 0.25) is 0 Å². The van der Waals surface area contributed by atoms with Crippen molar-refractivity contribution in [3.63, 3.8) is 0 Å². The van der Waals surface area contributed by atoms with Crippen LogP contribution in [0.15, 0.2) is 51.2 Å². The van der Waals surface area contributed by atoms with Crippen LogP contribution in [0.4, 0.5) is 0 Å². The molecule has 5 heteroatoms. The zero-order valence-electron chi connectivity index (χ0n) is 21.0. The quantitative estimate of drug-likeness (QED) is 0.204. The number of nitrogens with one attached hydrogen (secondary N) is 1. The van der Waals surface area contributed by atoms with Crippen molar-refractivity contribution in [3.8, 4) is 17.6 Å². The van der Waals surface area contributed by atoms with Crippen LogP contribution in [0.1, 0.15) is 75.8 Å². The topological polar surface area (TPSA) is 57.8 Å². The molecule has 0 aromatic heterocycles. The van der Waals surface area contributed by atoms with Crippen LogP contribution in [0.5, 0.6) is 5.75 Å². The Labute approximate surface area is 214 Å². The summed E-state index contributed by atoms with van der Waals surface area (Å²) in [6, 6.07) is 8.78. The van der Waals surface area contributed by atoms with Crippen molar-refractivity contribution >= 4 is 23.3 Å². The minimum atomic E-state index is -0.278. The van der Waals surface area contributed by atoms with E-state index in [2.05, 4.69) is 53.2 Å². The summed E-state index contributed by atoms with van der Waals surface area (Å²) in [5.74, 6) is 9.14. The van der Waals surface area contributed by atoms with E-state index in [-0.39, 0.29) is 16.7 Å². The second kappa shape index (κ2) is 9.81. The third kappa shape index (κ3) is 4.20. The number of halogens is 1. The summed E-state index contributed by atoms with van der Waals surface area (Å²) in [6.45, 7) is 6.76. The zero-order chi connectivity index (χ0) is 24.6. The lowest BCUT2D eigenvalue weighted by molar-refractivity contribution is 0.212. The number of allylic oxidation sites excluding steroid dienone is 4. The summed E-state index contributed by atoms with van der Waals surface area (Å²) in [5, 5.41) is 14.9. The number of ether oxygens (including phenoxy) is 1. The number of rotatable bonds is 4. The smallest absolute Gasteiger partial charge is 0.122 e. The van der Waals surface area contributed by atoms with Crippen LogP contribution in [0.2, 0.25) is 0 Å². The normalized spacial score (nSPS) is 32.5. The fourth-order valence-electron chi connectivity index (χ4n) is 7.22. The molecule has 5 atom stereocenters. The summed E-state index contributed by atoms with van der Waals surface area (Å²) >= 11 is 7.64. The van der Waals surface area contributed by atoms with E-state index in [1.165, 1.54) is 22.3 Å². The van der Waals surface area contributed by atoms with Crippen molar-refractivity contribution in [2.75, 3.05) is 6.61 Å². The SMILES string of the molecule is CC#CC1CC[C@H]2[C@@H]3CCC4=C/C(=N/N=C=N)CCC4=C3[C@@H](c3ccc(C)c(OCC)c3)C[C@]12Cl. The molecule has 0 bridgehead atoms. The highest BCUT2D eigenvalue weighted by Gasteiger charge is 2.58. The molecular formula is C30H34ClN3O. The van der Waals surface area contributed by atoms with E-state index >= 15 is 0 Å². The van der Waals surface area contributed by atoms with Crippen molar-refractivity contribution in [1.82, 2.24) is 0 Å². The highest BCUT2D eigenvalue weighted by atomic mass is 35.5. The highest BCUT2D eigenvalue weighted by Crippen LogP contribution is 2.64. The number of hydrogen-bond donors (Lipinski definition) is 1. The van der Waals surface area contributed by atoms with Gasteiger partial charge >= 0.3 is 0 Å². The Hall–Kier alpha value is -2.60. The Morgan fingerprint density at radius 3 is 2.83 bits per heavy atom. The zero-order valence-corrected chi connectivity index (χ0v) is 21.7. The van der Waals surface area contributed by atoms with Crippen LogP contribution < -0.4 is 4.74 Å². The van der Waals surface area contributed by atoms with Gasteiger partial charge in [-0.1, -0.05) is 28.7 Å². The summed E-state index contributed by atoms with van der Waals surface area (Å²) in [6.07, 6.45) is 9.40. The number of alkyl halides is 1. The Balaban J connectivity index is 1.65. The van der Waals surface area contributed by atoms with Crippen molar-refractivity contribution in [3.05, 3.63) is 52.1 Å². The van der Waals surface area contributed by atoms with Gasteiger partial charge in [0.1, 0.15) is 11.8 Å². The number of aryl methyl sites for hydroxylation is 1. The maximum absolute atomic E-state index is 7.64. The van der Waals surface area contributed by atoms with Crippen LogP contribution in [0, 0.1) is 41.9 Å². The molecule has 0 amide bonds. The fourth-order valence-corrected chi connectivity index (χ4v) is 7.80. The van der Waals surface area contributed by atoms with Gasteiger partial charge in [0.05, 0.1) is 17.2 Å². The van der Waals surface area contributed by atoms with Gasteiger partial charge in [-0.15, -0.1) is 22.6 Å². The Bertz CT molecular complexity index is 1230. The Kier molecular flexibility index (Phi) is 6.75. The molecule has 1 N–H and O–H groups in total. The average molecular weight is 488 g/mol. The standard InChI is InChI=1S/C30H34ClN3O/c1-4-6-22-10-14-27-25-12-9-20-15-23(34-33-18-32)11-13-24(20)29(25)26(17-30(22,27)31)21-8-7-19(3)28(16-21)35-5-2/h7-8,15-16,22,25-27,32H,5,9-14,17H2,1-3H3/b34-23+/t22?,25-,26+,27-,30-/m0/s1. The summed E-state index contributed by atoms with van der Waals surface area (Å²) in [4.78, 5) is -0.278. The molecule has 0 aliphatic heterocycles. The first-order valence-electron chi connectivity index (χ1n) is 13.0. The van der Waals surface area contributed by atoms with E-state index in [9.17, 15) is 0 Å². The van der Waals surface area contributed by atoms with E-state index in [4.69, 9.17) is 21.7 Å². The summed E-state index contributed by atoms with van der Waals surface area (Å²) in [7, 11) is 0. The van der Waals surface area contributed by atoms with E-state index in [1.807, 2.05) is 19.9 Å². The number of nitrogens with zero attached hydrogens (tertiary/aromatic N) is 2. The van der Waals surface area contributed by atoms with E-state index in [1.54, 1.807) is 5.57 Å². The minimum Gasteiger partial charge on any atom is -0.494 e. The predicted octanol–water partition coefficient (Wildman–Crippen LogP) is 7.44. The maximum atomic E-state index is 7.64. The van der Waals surface area contributed by atoms with Gasteiger partial charge in [0.15, 0.2) is 0 Å². The number of hydrogen-bond acceptors (Lipinski definition) is 4. The van der Waals surface area contributed by atoms with Gasteiger partial charge in [-0.05, 0) is 112 Å². The molecule has 5 rings (SSSR count). The molecular weight excluding hydrogens is 454 g/mol. The monoisotopic (exact) mass is 487 g/mol. The summed E-state index contributed by atoms with van der Waals surface area (Å²) in [5.41, 5.74) is 7.96. The lowest BCUT2D eigenvalue weighted by atomic mass is 9.57. The number of fused-ring (bicyclic) bond motifs is 4. The molecule has 4 aliphatic rings. The highest BCUT2D eigenvalue weighted by molar-refractivity contribution is 6.25. The van der Waals surface area contributed by atoms with E-state index < -0.39 is 0 Å². The molecule has 0 heterocycles. The lowest BCUT2D eigenvalue weighted by Crippen LogP contribution is -2.46. The van der Waals surface area contributed by atoms with E-state index in [0.717, 1.165) is 56.4 Å². The van der Waals surface area contributed by atoms with E-state index in [0.29, 0.717) is 18.4 Å². The lowest BCUT2D eigenvalue weighted by Gasteiger charge is -2.50. The van der Waals surface area contributed by atoms with Crippen LogP contribution in [0.25, 0.3) is 0 Å². The largest absolute Gasteiger partial charge is 0.494 e. The molecule has 35 heavy (non-hydrogen) atoms. The maximum Gasteiger partial charge on any atom is 0.122 e. The van der Waals surface area contributed by atoms with Gasteiger partial charge in [0.25, 0.3) is 0 Å². The first-order chi connectivity index (χ1) is 17.0. The van der Waals surface area contributed by atoms with Crippen LogP contribution in [-0.2, 0) is 0 Å². The first kappa shape index (κ1) is 24.1. The molecule has 1 unspecified atom stereocenters. The third-order valence-electron chi connectivity index (χ3n) is 8.63. The summed E-state index contributed by atoms with van der Waals surface area (Å²) < 4.78 is 6.00. The van der Waals surface area contributed by atoms with Gasteiger partial charge in [0, 0.05) is 11.8 Å². The third-order valence-corrected chi connectivity index (χ3v) is 9.33. The van der Waals surface area contributed by atoms with Gasteiger partial charge in [-0.25, -0.2) is 5.41 Å². The molecule has 1 aromatic rings. The second-order valence-electron chi connectivity index (χ2n) is 10.3. The van der Waals surface area contributed by atoms with Gasteiger partial charge < -0.3 is 4.74 Å². The molecule has 0 spiro atoms. The average Bonchev–Trinajstić information content (AvgIpc) is 3.19. The van der Waals surface area contributed by atoms with Crippen molar-refractivity contribution < 1.29 is 4.74 Å². The Morgan fingerprint density at radius 2 is 2.06 bits per heavy atom. The first-order valence-corrected chi connectivity index (χ1v) is 13.3. The van der Waals surface area contributed by atoms with Crippen molar-refractivity contribution in [2.24, 2.45) is 28.0 Å². The molecule has 2 saturated carbocycles. The van der Waals surface area contributed by atoms with Crippen molar-refractivity contribution in [1.29, 1.82) is 5.41 Å². The van der Waals surface area contributed by atoms with Crippen LogP contribution >= 0.6 is 11.6 Å². The fraction of sp³-hybridized carbons (Fsp3) is 0.533. The molecule has 4 nitrogen and oxygen atoms in total. The van der Waals surface area contributed by atoms with Crippen molar-refractivity contribution in [2.45, 2.75) is 76.5 Å². The predicted molar refractivity (Wildman–Crippen MR) is 143 cm³/mol. The van der Waals surface area contributed by atoms with Crippen LogP contribution in [-0.4, -0.2) is 23.2 Å². The second-order valence-corrected chi connectivity index (χ2v) is 11.0.